The van der Waals surface area contributed by atoms with Crippen molar-refractivity contribution < 1.29 is 22.7 Å². The number of rotatable bonds is 8. The average Bonchev–Trinajstić information content (AvgIpc) is 2.79. The third kappa shape index (κ3) is 5.61. The molecule has 8 nitrogen and oxygen atoms in total. The lowest BCUT2D eigenvalue weighted by atomic mass is 10.2. The molecule has 0 unspecified atom stereocenters. The highest BCUT2D eigenvalue weighted by molar-refractivity contribution is 7.92. The molecule has 1 amide bonds. The van der Waals surface area contributed by atoms with Crippen LogP contribution in [0.3, 0.4) is 0 Å². The molecule has 0 bridgehead atoms. The van der Waals surface area contributed by atoms with Gasteiger partial charge in [0.05, 0.1) is 25.3 Å². The van der Waals surface area contributed by atoms with Gasteiger partial charge in [0.15, 0.2) is 0 Å². The second-order valence-electron chi connectivity index (χ2n) is 6.30. The Labute approximate surface area is 180 Å². The molecule has 0 aromatic heterocycles. The van der Waals surface area contributed by atoms with Gasteiger partial charge in [-0.1, -0.05) is 18.2 Å². The van der Waals surface area contributed by atoms with Crippen molar-refractivity contribution in [3.05, 3.63) is 83.9 Å². The summed E-state index contributed by atoms with van der Waals surface area (Å²) in [5, 5.41) is 3.95. The van der Waals surface area contributed by atoms with E-state index in [1.54, 1.807) is 43.5 Å². The number of hydrogen-bond donors (Lipinski definition) is 2. The maximum Gasteiger partial charge on any atom is 0.271 e. The van der Waals surface area contributed by atoms with Crippen molar-refractivity contribution in [1.82, 2.24) is 5.43 Å². The molecule has 0 aliphatic heterocycles. The molecule has 0 saturated carbocycles. The average molecular weight is 439 g/mol. The lowest BCUT2D eigenvalue weighted by Crippen LogP contribution is -2.18. The van der Waals surface area contributed by atoms with Crippen molar-refractivity contribution in [1.29, 1.82) is 0 Å². The highest BCUT2D eigenvalue weighted by atomic mass is 32.2. The van der Waals surface area contributed by atoms with Crippen LogP contribution in [0.25, 0.3) is 0 Å². The smallest absolute Gasteiger partial charge is 0.271 e. The standard InChI is InChI=1S/C22H21N3O5S/c1-29-19-12-13-21(30-2)17(14-19)15-23-24-22(26)16-8-10-18(11-9-16)25-31(27,28)20-6-4-3-5-7-20/h3-15,25H,1-2H3,(H,24,26). The summed E-state index contributed by atoms with van der Waals surface area (Å²) in [5.41, 5.74) is 3.71. The van der Waals surface area contributed by atoms with E-state index < -0.39 is 15.9 Å². The molecule has 3 aromatic rings. The molecule has 9 heteroatoms. The fourth-order valence-corrected chi connectivity index (χ4v) is 3.75. The van der Waals surface area contributed by atoms with Crippen molar-refractivity contribution >= 4 is 27.8 Å². The molecule has 0 atom stereocenters. The molecule has 0 aliphatic rings. The summed E-state index contributed by atoms with van der Waals surface area (Å²) in [6.45, 7) is 0. The van der Waals surface area contributed by atoms with Gasteiger partial charge in [-0.25, -0.2) is 13.8 Å². The summed E-state index contributed by atoms with van der Waals surface area (Å²) >= 11 is 0. The molecular formula is C22H21N3O5S. The van der Waals surface area contributed by atoms with E-state index in [-0.39, 0.29) is 4.90 Å². The molecule has 0 fully saturated rings. The van der Waals surface area contributed by atoms with Crippen molar-refractivity contribution in [3.8, 4) is 11.5 Å². The van der Waals surface area contributed by atoms with Gasteiger partial charge < -0.3 is 9.47 Å². The molecule has 3 rings (SSSR count). The third-order valence-electron chi connectivity index (χ3n) is 4.26. The Morgan fingerprint density at radius 1 is 0.935 bits per heavy atom. The maximum atomic E-state index is 12.4. The van der Waals surface area contributed by atoms with Gasteiger partial charge in [-0.3, -0.25) is 9.52 Å². The molecule has 2 N–H and O–H groups in total. The van der Waals surface area contributed by atoms with E-state index in [0.717, 1.165) is 0 Å². The predicted octanol–water partition coefficient (Wildman–Crippen LogP) is 3.27. The minimum Gasteiger partial charge on any atom is -0.497 e. The first-order valence-electron chi connectivity index (χ1n) is 9.16. The Kier molecular flexibility index (Phi) is 6.88. The van der Waals surface area contributed by atoms with Crippen LogP contribution in [-0.2, 0) is 10.0 Å². The lowest BCUT2D eigenvalue weighted by molar-refractivity contribution is 0.0955. The highest BCUT2D eigenvalue weighted by Gasteiger charge is 2.14. The highest BCUT2D eigenvalue weighted by Crippen LogP contribution is 2.22. The first-order chi connectivity index (χ1) is 14.9. The monoisotopic (exact) mass is 439 g/mol. The van der Waals surface area contributed by atoms with Crippen LogP contribution in [0.1, 0.15) is 15.9 Å². The van der Waals surface area contributed by atoms with Crippen LogP contribution in [0.5, 0.6) is 11.5 Å². The van der Waals surface area contributed by atoms with E-state index in [1.165, 1.54) is 49.7 Å². The molecule has 0 aliphatic carbocycles. The first-order valence-corrected chi connectivity index (χ1v) is 10.6. The molecule has 3 aromatic carbocycles. The van der Waals surface area contributed by atoms with Gasteiger partial charge in [0, 0.05) is 16.8 Å². The number of hydrazone groups is 1. The van der Waals surface area contributed by atoms with E-state index in [9.17, 15) is 13.2 Å². The van der Waals surface area contributed by atoms with Crippen LogP contribution in [0, 0.1) is 0 Å². The topological polar surface area (TPSA) is 106 Å². The van der Waals surface area contributed by atoms with E-state index in [1.807, 2.05) is 0 Å². The maximum absolute atomic E-state index is 12.4. The quantitative estimate of drug-likeness (QED) is 0.414. The predicted molar refractivity (Wildman–Crippen MR) is 118 cm³/mol. The molecule has 0 saturated heterocycles. The lowest BCUT2D eigenvalue weighted by Gasteiger charge is -2.08. The summed E-state index contributed by atoms with van der Waals surface area (Å²) in [6, 6.07) is 19.2. The Hall–Kier alpha value is -3.85. The number of carbonyl (C=O) groups is 1. The summed E-state index contributed by atoms with van der Waals surface area (Å²) in [6.07, 6.45) is 1.45. The summed E-state index contributed by atoms with van der Waals surface area (Å²) in [7, 11) is -0.617. The van der Waals surface area contributed by atoms with Gasteiger partial charge in [-0.05, 0) is 54.6 Å². The zero-order valence-electron chi connectivity index (χ0n) is 16.9. The van der Waals surface area contributed by atoms with Crippen molar-refractivity contribution in [2.45, 2.75) is 4.90 Å². The first kappa shape index (κ1) is 21.8. The Balaban J connectivity index is 1.65. The second kappa shape index (κ2) is 9.77. The number of ether oxygens (including phenoxy) is 2. The largest absolute Gasteiger partial charge is 0.497 e. The van der Waals surface area contributed by atoms with Gasteiger partial charge >= 0.3 is 0 Å². The van der Waals surface area contributed by atoms with E-state index >= 15 is 0 Å². The number of methoxy groups -OCH3 is 2. The molecule has 0 radical (unpaired) electrons. The fraction of sp³-hybridized carbons (Fsp3) is 0.0909. The van der Waals surface area contributed by atoms with Gasteiger partial charge in [-0.2, -0.15) is 5.10 Å². The van der Waals surface area contributed by atoms with Crippen LogP contribution < -0.4 is 19.6 Å². The summed E-state index contributed by atoms with van der Waals surface area (Å²) in [4.78, 5) is 12.5. The van der Waals surface area contributed by atoms with Crippen molar-refractivity contribution in [2.24, 2.45) is 5.10 Å². The molecule has 160 valence electrons. The zero-order chi connectivity index (χ0) is 22.3. The summed E-state index contributed by atoms with van der Waals surface area (Å²) < 4.78 is 37.6. The van der Waals surface area contributed by atoms with Gasteiger partial charge in [0.25, 0.3) is 15.9 Å². The third-order valence-corrected chi connectivity index (χ3v) is 5.66. The Morgan fingerprint density at radius 3 is 2.29 bits per heavy atom. The van der Waals surface area contributed by atoms with Gasteiger partial charge in [-0.15, -0.1) is 0 Å². The summed E-state index contributed by atoms with van der Waals surface area (Å²) in [5.74, 6) is 0.756. The number of benzene rings is 3. The number of sulfonamides is 1. The number of hydrogen-bond acceptors (Lipinski definition) is 6. The molecule has 0 heterocycles. The Bertz CT molecular complexity index is 1180. The number of carbonyl (C=O) groups excluding carboxylic acids is 1. The van der Waals surface area contributed by atoms with Crippen molar-refractivity contribution in [3.63, 3.8) is 0 Å². The number of anilines is 1. The van der Waals surface area contributed by atoms with E-state index in [0.29, 0.717) is 28.3 Å². The van der Waals surface area contributed by atoms with E-state index in [4.69, 9.17) is 9.47 Å². The zero-order valence-corrected chi connectivity index (χ0v) is 17.7. The van der Waals surface area contributed by atoms with Gasteiger partial charge in [0.1, 0.15) is 11.5 Å². The van der Waals surface area contributed by atoms with Crippen LogP contribution in [0.4, 0.5) is 5.69 Å². The van der Waals surface area contributed by atoms with E-state index in [2.05, 4.69) is 15.2 Å². The van der Waals surface area contributed by atoms with Crippen molar-refractivity contribution in [2.75, 3.05) is 18.9 Å². The fourth-order valence-electron chi connectivity index (χ4n) is 2.67. The molecular weight excluding hydrogens is 418 g/mol. The van der Waals surface area contributed by atoms with Crippen LogP contribution in [0.2, 0.25) is 0 Å². The van der Waals surface area contributed by atoms with Crippen LogP contribution >= 0.6 is 0 Å². The minimum atomic E-state index is -3.70. The number of amides is 1. The normalized spacial score (nSPS) is 11.2. The minimum absolute atomic E-state index is 0.152. The van der Waals surface area contributed by atoms with Crippen LogP contribution in [0.15, 0.2) is 82.8 Å². The SMILES string of the molecule is COc1ccc(OC)c(C=NNC(=O)c2ccc(NS(=O)(=O)c3ccccc3)cc2)c1. The molecule has 31 heavy (non-hydrogen) atoms. The number of nitrogens with zero attached hydrogens (tertiary/aromatic N) is 1. The molecule has 0 spiro atoms. The second-order valence-corrected chi connectivity index (χ2v) is 7.99. The van der Waals surface area contributed by atoms with Crippen LogP contribution in [-0.4, -0.2) is 34.8 Å². The number of nitrogens with one attached hydrogen (secondary N) is 2. The van der Waals surface area contributed by atoms with Gasteiger partial charge in [0.2, 0.25) is 0 Å². The Morgan fingerprint density at radius 2 is 1.65 bits per heavy atom.